The summed E-state index contributed by atoms with van der Waals surface area (Å²) >= 11 is 0. The molecule has 0 radical (unpaired) electrons. The maximum atomic E-state index is 6.11. The highest BCUT2D eigenvalue weighted by Crippen LogP contribution is 2.32. The Hall–Kier alpha value is -2.01. The monoisotopic (exact) mass is 541 g/mol. The Morgan fingerprint density at radius 3 is 2.65 bits per heavy atom. The van der Waals surface area contributed by atoms with Crippen LogP contribution >= 0.6 is 24.0 Å². The number of oxazole rings is 1. The zero-order valence-electron chi connectivity index (χ0n) is 18.2. The van der Waals surface area contributed by atoms with E-state index in [4.69, 9.17) is 19.6 Å². The molecule has 2 aliphatic heterocycles. The van der Waals surface area contributed by atoms with Crippen molar-refractivity contribution in [3.8, 4) is 11.5 Å². The molecular formula is C22H32IN5O3. The number of aryl methyl sites for hydroxylation is 2. The summed E-state index contributed by atoms with van der Waals surface area (Å²) in [6, 6.07) is 5.75. The molecule has 0 aliphatic carbocycles. The van der Waals surface area contributed by atoms with Gasteiger partial charge in [-0.3, -0.25) is 9.89 Å². The van der Waals surface area contributed by atoms with Gasteiger partial charge in [0.1, 0.15) is 5.76 Å². The lowest BCUT2D eigenvalue weighted by atomic mass is 9.97. The molecule has 3 heterocycles. The zero-order valence-corrected chi connectivity index (χ0v) is 20.6. The fourth-order valence-corrected chi connectivity index (χ4v) is 3.78. The molecule has 170 valence electrons. The van der Waals surface area contributed by atoms with Crippen molar-refractivity contribution >= 4 is 35.6 Å². The first-order valence-electron chi connectivity index (χ1n) is 10.7. The number of nitrogens with two attached hydrogens (primary N) is 1. The molecule has 0 spiro atoms. The first-order valence-corrected chi connectivity index (χ1v) is 10.7. The van der Waals surface area contributed by atoms with Crippen LogP contribution in [0.5, 0.6) is 11.5 Å². The number of benzene rings is 1. The standard InChI is InChI=1S/C22H31N5O3.HI/c1-15-16(2)30-21(25-15)14-27-8-6-17(7-9-27)13-24-22(23)26-18-4-5-19-20(12-18)29-11-3-10-28-19;/h4-5,12,17H,3,6-11,13-14H2,1-2H3,(H3,23,24,26);1H. The highest BCUT2D eigenvalue weighted by atomic mass is 127. The predicted molar refractivity (Wildman–Crippen MR) is 132 cm³/mol. The lowest BCUT2D eigenvalue weighted by molar-refractivity contribution is 0.166. The molecule has 1 aromatic carbocycles. The van der Waals surface area contributed by atoms with Gasteiger partial charge in [-0.15, -0.1) is 24.0 Å². The molecule has 31 heavy (non-hydrogen) atoms. The van der Waals surface area contributed by atoms with Crippen molar-refractivity contribution in [2.75, 3.05) is 38.2 Å². The van der Waals surface area contributed by atoms with Crippen LogP contribution in [-0.2, 0) is 6.54 Å². The highest BCUT2D eigenvalue weighted by molar-refractivity contribution is 14.0. The van der Waals surface area contributed by atoms with Gasteiger partial charge in [0.2, 0.25) is 5.89 Å². The third-order valence-electron chi connectivity index (χ3n) is 5.68. The average molecular weight is 541 g/mol. The molecule has 0 atom stereocenters. The first kappa shape index (κ1) is 23.6. The van der Waals surface area contributed by atoms with Gasteiger partial charge in [0, 0.05) is 24.7 Å². The Labute approximate surface area is 200 Å². The number of guanidine groups is 1. The number of hydrogen-bond acceptors (Lipinski definition) is 6. The van der Waals surface area contributed by atoms with Crippen molar-refractivity contribution in [3.05, 3.63) is 35.5 Å². The molecule has 2 aliphatic rings. The van der Waals surface area contributed by atoms with Gasteiger partial charge < -0.3 is 24.9 Å². The van der Waals surface area contributed by atoms with Crippen molar-refractivity contribution < 1.29 is 13.9 Å². The molecule has 8 nitrogen and oxygen atoms in total. The van der Waals surface area contributed by atoms with Crippen molar-refractivity contribution in [1.29, 1.82) is 0 Å². The van der Waals surface area contributed by atoms with E-state index in [1.807, 2.05) is 32.0 Å². The molecule has 0 bridgehead atoms. The van der Waals surface area contributed by atoms with E-state index in [0.29, 0.717) is 25.1 Å². The van der Waals surface area contributed by atoms with Crippen LogP contribution < -0.4 is 20.5 Å². The molecule has 0 unspecified atom stereocenters. The van der Waals surface area contributed by atoms with Crippen LogP contribution in [0.3, 0.4) is 0 Å². The third kappa shape index (κ3) is 6.49. The molecule has 1 fully saturated rings. The normalized spacial score (nSPS) is 17.7. The van der Waals surface area contributed by atoms with E-state index in [2.05, 4.69) is 20.2 Å². The Balaban J connectivity index is 0.00000272. The zero-order chi connectivity index (χ0) is 20.9. The number of aliphatic imine (C=N–C) groups is 1. The molecule has 3 N–H and O–H groups in total. The van der Waals surface area contributed by atoms with Crippen molar-refractivity contribution in [2.24, 2.45) is 16.6 Å². The van der Waals surface area contributed by atoms with Gasteiger partial charge in [-0.05, 0) is 57.8 Å². The fourth-order valence-electron chi connectivity index (χ4n) is 3.78. The van der Waals surface area contributed by atoms with Gasteiger partial charge in [-0.25, -0.2) is 4.98 Å². The number of likely N-dealkylation sites (tertiary alicyclic amines) is 1. The molecule has 0 amide bonds. The third-order valence-corrected chi connectivity index (χ3v) is 5.68. The Kier molecular flexibility index (Phi) is 8.42. The van der Waals surface area contributed by atoms with E-state index in [1.165, 1.54) is 0 Å². The summed E-state index contributed by atoms with van der Waals surface area (Å²) in [5, 5.41) is 3.16. The molecule has 1 saturated heterocycles. The number of rotatable bonds is 5. The number of nitrogens with one attached hydrogen (secondary N) is 1. The summed E-state index contributed by atoms with van der Waals surface area (Å²) in [6.45, 7) is 8.84. The van der Waals surface area contributed by atoms with E-state index >= 15 is 0 Å². The number of nitrogens with zero attached hydrogens (tertiary/aromatic N) is 3. The van der Waals surface area contributed by atoms with E-state index in [0.717, 1.165) is 80.0 Å². The Morgan fingerprint density at radius 2 is 1.94 bits per heavy atom. The molecule has 9 heteroatoms. The molecule has 2 aromatic rings. The van der Waals surface area contributed by atoms with E-state index in [9.17, 15) is 0 Å². The number of ether oxygens (including phenoxy) is 2. The van der Waals surface area contributed by atoms with Crippen molar-refractivity contribution in [3.63, 3.8) is 0 Å². The topological polar surface area (TPSA) is 98.1 Å². The van der Waals surface area contributed by atoms with Gasteiger partial charge >= 0.3 is 0 Å². The van der Waals surface area contributed by atoms with Crippen LogP contribution in [0.4, 0.5) is 5.69 Å². The summed E-state index contributed by atoms with van der Waals surface area (Å²) in [5.41, 5.74) is 7.94. The van der Waals surface area contributed by atoms with Gasteiger partial charge in [0.25, 0.3) is 0 Å². The van der Waals surface area contributed by atoms with Crippen LogP contribution in [0.1, 0.15) is 36.6 Å². The lowest BCUT2D eigenvalue weighted by Gasteiger charge is -2.30. The van der Waals surface area contributed by atoms with Crippen molar-refractivity contribution in [2.45, 2.75) is 39.7 Å². The number of aromatic nitrogens is 1. The number of halogens is 1. The number of fused-ring (bicyclic) bond motifs is 1. The second-order valence-corrected chi connectivity index (χ2v) is 8.03. The van der Waals surface area contributed by atoms with Crippen LogP contribution in [0, 0.1) is 19.8 Å². The Morgan fingerprint density at radius 1 is 1.19 bits per heavy atom. The lowest BCUT2D eigenvalue weighted by Crippen LogP contribution is -2.34. The number of hydrogen-bond donors (Lipinski definition) is 2. The SMILES string of the molecule is Cc1nc(CN2CCC(CN=C(N)Nc3ccc4c(c3)OCCCO4)CC2)oc1C.I. The van der Waals surface area contributed by atoms with Crippen LogP contribution in [-0.4, -0.2) is 48.7 Å². The number of piperidine rings is 1. The fraction of sp³-hybridized carbons (Fsp3) is 0.545. The second kappa shape index (κ2) is 11.0. The highest BCUT2D eigenvalue weighted by Gasteiger charge is 2.21. The summed E-state index contributed by atoms with van der Waals surface area (Å²) in [6.07, 6.45) is 3.08. The van der Waals surface area contributed by atoms with Crippen LogP contribution in [0.15, 0.2) is 27.6 Å². The van der Waals surface area contributed by atoms with Gasteiger partial charge in [-0.1, -0.05) is 0 Å². The van der Waals surface area contributed by atoms with Crippen molar-refractivity contribution in [1.82, 2.24) is 9.88 Å². The Bertz CT molecular complexity index is 874. The smallest absolute Gasteiger partial charge is 0.208 e. The summed E-state index contributed by atoms with van der Waals surface area (Å²) in [5.74, 6) is 4.20. The summed E-state index contributed by atoms with van der Waals surface area (Å²) in [7, 11) is 0. The minimum absolute atomic E-state index is 0. The number of anilines is 1. The molecule has 1 aromatic heterocycles. The summed E-state index contributed by atoms with van der Waals surface area (Å²) < 4.78 is 17.1. The van der Waals surface area contributed by atoms with Gasteiger partial charge in [0.05, 0.1) is 25.5 Å². The maximum Gasteiger partial charge on any atom is 0.208 e. The predicted octanol–water partition coefficient (Wildman–Crippen LogP) is 3.71. The van der Waals surface area contributed by atoms with E-state index in [1.54, 1.807) is 0 Å². The van der Waals surface area contributed by atoms with Crippen LogP contribution in [0.2, 0.25) is 0 Å². The van der Waals surface area contributed by atoms with Gasteiger partial charge in [0.15, 0.2) is 17.5 Å². The quantitative estimate of drug-likeness (QED) is 0.339. The maximum absolute atomic E-state index is 6.11. The minimum atomic E-state index is 0. The second-order valence-electron chi connectivity index (χ2n) is 8.03. The average Bonchev–Trinajstić information content (AvgIpc) is 2.92. The largest absolute Gasteiger partial charge is 0.490 e. The molecule has 0 saturated carbocycles. The molecular weight excluding hydrogens is 509 g/mol. The van der Waals surface area contributed by atoms with Gasteiger partial charge in [-0.2, -0.15) is 0 Å². The van der Waals surface area contributed by atoms with E-state index in [-0.39, 0.29) is 24.0 Å². The first-order chi connectivity index (χ1) is 14.6. The molecule has 4 rings (SSSR count). The van der Waals surface area contributed by atoms with Crippen LogP contribution in [0.25, 0.3) is 0 Å². The summed E-state index contributed by atoms with van der Waals surface area (Å²) in [4.78, 5) is 11.4. The van der Waals surface area contributed by atoms with E-state index < -0.39 is 0 Å². The minimum Gasteiger partial charge on any atom is -0.490 e.